The van der Waals surface area contributed by atoms with Gasteiger partial charge in [0.1, 0.15) is 17.5 Å². The van der Waals surface area contributed by atoms with Crippen molar-refractivity contribution in [1.29, 1.82) is 0 Å². The molecule has 0 spiro atoms. The molecule has 0 aliphatic rings. The van der Waals surface area contributed by atoms with Crippen molar-refractivity contribution in [2.45, 2.75) is 25.3 Å². The van der Waals surface area contributed by atoms with Crippen LogP contribution in [0.4, 0.5) is 0 Å². The molecule has 1 atom stereocenters. The van der Waals surface area contributed by atoms with Crippen LogP contribution in [0.1, 0.15) is 28.8 Å². The maximum absolute atomic E-state index is 12.1. The number of phenols is 1. The maximum Gasteiger partial charge on any atom is 0.326 e. The van der Waals surface area contributed by atoms with Gasteiger partial charge in [-0.25, -0.2) is 4.79 Å². The van der Waals surface area contributed by atoms with Gasteiger partial charge in [-0.1, -0.05) is 12.1 Å². The van der Waals surface area contributed by atoms with Crippen LogP contribution >= 0.6 is 0 Å². The molecular weight excluding hydrogens is 350 g/mol. The number of carbonyl (C=O) groups excluding carboxylic acids is 2. The third-order valence-corrected chi connectivity index (χ3v) is 4.00. The smallest absolute Gasteiger partial charge is 0.326 e. The second-order valence-corrected chi connectivity index (χ2v) is 5.98. The molecule has 142 valence electrons. The van der Waals surface area contributed by atoms with Gasteiger partial charge in [0.25, 0.3) is 0 Å². The van der Waals surface area contributed by atoms with Crippen molar-refractivity contribution in [2.24, 2.45) is 0 Å². The average molecular weight is 371 g/mol. The Balaban J connectivity index is 1.88. The van der Waals surface area contributed by atoms with Crippen LogP contribution in [0.2, 0.25) is 0 Å². The Hall–Kier alpha value is -3.35. The van der Waals surface area contributed by atoms with E-state index in [1.807, 2.05) is 0 Å². The molecule has 1 amide bonds. The normalized spacial score (nSPS) is 11.4. The Morgan fingerprint density at radius 3 is 2.19 bits per heavy atom. The summed E-state index contributed by atoms with van der Waals surface area (Å²) in [7, 11) is 1.53. The molecule has 0 saturated heterocycles. The first-order valence-corrected chi connectivity index (χ1v) is 8.36. The molecule has 0 bridgehead atoms. The Morgan fingerprint density at radius 2 is 1.63 bits per heavy atom. The summed E-state index contributed by atoms with van der Waals surface area (Å²) in [5.41, 5.74) is 1.12. The zero-order valence-corrected chi connectivity index (χ0v) is 14.8. The molecule has 0 radical (unpaired) electrons. The Labute approximate surface area is 156 Å². The van der Waals surface area contributed by atoms with Crippen molar-refractivity contribution in [3.8, 4) is 11.5 Å². The van der Waals surface area contributed by atoms with E-state index >= 15 is 0 Å². The molecule has 7 nitrogen and oxygen atoms in total. The molecule has 0 aromatic heterocycles. The van der Waals surface area contributed by atoms with Gasteiger partial charge in [-0.3, -0.25) is 9.59 Å². The summed E-state index contributed by atoms with van der Waals surface area (Å²) in [4.78, 5) is 35.6. The fraction of sp³-hybridized carbons (Fsp3) is 0.250. The van der Waals surface area contributed by atoms with Gasteiger partial charge < -0.3 is 20.3 Å². The van der Waals surface area contributed by atoms with Crippen molar-refractivity contribution in [3.05, 3.63) is 59.7 Å². The average Bonchev–Trinajstić information content (AvgIpc) is 2.67. The van der Waals surface area contributed by atoms with Gasteiger partial charge >= 0.3 is 5.97 Å². The van der Waals surface area contributed by atoms with Gasteiger partial charge in [0.15, 0.2) is 5.78 Å². The van der Waals surface area contributed by atoms with E-state index in [1.165, 1.54) is 19.2 Å². The lowest BCUT2D eigenvalue weighted by Crippen LogP contribution is -2.42. The zero-order valence-electron chi connectivity index (χ0n) is 14.8. The van der Waals surface area contributed by atoms with Gasteiger partial charge in [0.2, 0.25) is 5.91 Å². The lowest BCUT2D eigenvalue weighted by atomic mass is 10.0. The van der Waals surface area contributed by atoms with E-state index in [2.05, 4.69) is 5.32 Å². The standard InChI is InChI=1S/C20H21NO6/c1-27-16-8-4-14(5-9-16)18(23)10-11-19(24)21-17(20(25)26)12-13-2-6-15(22)7-3-13/h2-9,17,22H,10-12H2,1H3,(H,21,24)(H,25,26). The Bertz CT molecular complexity index is 798. The van der Waals surface area contributed by atoms with E-state index in [0.717, 1.165) is 0 Å². The molecule has 2 rings (SSSR count). The minimum absolute atomic E-state index is 0.0241. The molecule has 27 heavy (non-hydrogen) atoms. The zero-order chi connectivity index (χ0) is 19.8. The first kappa shape index (κ1) is 20.0. The summed E-state index contributed by atoms with van der Waals surface area (Å²) in [5, 5.41) is 21.0. The van der Waals surface area contributed by atoms with Crippen molar-refractivity contribution in [3.63, 3.8) is 0 Å². The molecular formula is C20H21NO6. The second-order valence-electron chi connectivity index (χ2n) is 5.98. The number of benzene rings is 2. The van der Waals surface area contributed by atoms with Crippen LogP contribution in [0, 0.1) is 0 Å². The van der Waals surface area contributed by atoms with E-state index < -0.39 is 17.9 Å². The van der Waals surface area contributed by atoms with E-state index in [4.69, 9.17) is 4.74 Å². The summed E-state index contributed by atoms with van der Waals surface area (Å²) in [5.74, 6) is -1.19. The fourth-order valence-electron chi connectivity index (χ4n) is 2.48. The number of aromatic hydroxyl groups is 1. The van der Waals surface area contributed by atoms with Crippen LogP contribution in [-0.2, 0) is 16.0 Å². The lowest BCUT2D eigenvalue weighted by molar-refractivity contribution is -0.141. The third kappa shape index (κ3) is 6.14. The number of aliphatic carboxylic acids is 1. The predicted octanol–water partition coefficient (Wildman–Crippen LogP) is 2.18. The highest BCUT2D eigenvalue weighted by atomic mass is 16.5. The number of carbonyl (C=O) groups is 3. The van der Waals surface area contributed by atoms with Crippen molar-refractivity contribution in [2.75, 3.05) is 7.11 Å². The second kappa shape index (κ2) is 9.38. The molecule has 1 unspecified atom stereocenters. The number of methoxy groups -OCH3 is 1. The molecule has 3 N–H and O–H groups in total. The summed E-state index contributed by atoms with van der Waals surface area (Å²) in [6.07, 6.45) is -0.0539. The van der Waals surface area contributed by atoms with Gasteiger partial charge in [-0.2, -0.15) is 0 Å². The molecule has 0 fully saturated rings. The molecule has 2 aromatic rings. The first-order chi connectivity index (χ1) is 12.9. The van der Waals surface area contributed by atoms with Gasteiger partial charge in [-0.05, 0) is 42.0 Å². The minimum atomic E-state index is -1.17. The number of hydrogen-bond donors (Lipinski definition) is 3. The van der Waals surface area contributed by atoms with E-state index in [9.17, 15) is 24.6 Å². The van der Waals surface area contributed by atoms with Crippen molar-refractivity contribution in [1.82, 2.24) is 5.32 Å². The first-order valence-electron chi connectivity index (χ1n) is 8.36. The highest BCUT2D eigenvalue weighted by Gasteiger charge is 2.21. The number of ketones is 1. The highest BCUT2D eigenvalue weighted by molar-refractivity contribution is 5.98. The highest BCUT2D eigenvalue weighted by Crippen LogP contribution is 2.14. The molecule has 0 aliphatic heterocycles. The Morgan fingerprint density at radius 1 is 1.00 bits per heavy atom. The number of carboxylic acids is 1. The number of rotatable bonds is 9. The summed E-state index contributed by atoms with van der Waals surface area (Å²) >= 11 is 0. The molecule has 0 aliphatic carbocycles. The van der Waals surface area contributed by atoms with Crippen LogP contribution in [-0.4, -0.2) is 41.0 Å². The topological polar surface area (TPSA) is 113 Å². The summed E-state index contributed by atoms with van der Waals surface area (Å²) in [6.45, 7) is 0. The van der Waals surface area contributed by atoms with Crippen molar-refractivity contribution >= 4 is 17.7 Å². The van der Waals surface area contributed by atoms with E-state index in [-0.39, 0.29) is 30.8 Å². The van der Waals surface area contributed by atoms with Crippen LogP contribution in [0.15, 0.2) is 48.5 Å². The number of carboxylic acid groups (broad SMARTS) is 1. The van der Waals surface area contributed by atoms with Gasteiger partial charge in [-0.15, -0.1) is 0 Å². The maximum atomic E-state index is 12.1. The van der Waals surface area contributed by atoms with Crippen LogP contribution in [0.25, 0.3) is 0 Å². The van der Waals surface area contributed by atoms with Crippen molar-refractivity contribution < 1.29 is 29.3 Å². The SMILES string of the molecule is COc1ccc(C(=O)CCC(=O)NC(Cc2ccc(O)cc2)C(=O)O)cc1. The Kier molecular flexibility index (Phi) is 6.93. The lowest BCUT2D eigenvalue weighted by Gasteiger charge is -2.14. The number of phenolic OH excluding ortho intramolecular Hbond substituents is 1. The minimum Gasteiger partial charge on any atom is -0.508 e. The van der Waals surface area contributed by atoms with Crippen LogP contribution < -0.4 is 10.1 Å². The molecule has 2 aromatic carbocycles. The number of Topliss-reactive ketones (excluding diaryl/α,β-unsaturated/α-hetero) is 1. The number of nitrogens with one attached hydrogen (secondary N) is 1. The third-order valence-electron chi connectivity index (χ3n) is 4.00. The monoisotopic (exact) mass is 371 g/mol. The van der Waals surface area contributed by atoms with E-state index in [1.54, 1.807) is 36.4 Å². The van der Waals surface area contributed by atoms with Crippen LogP contribution in [0.5, 0.6) is 11.5 Å². The predicted molar refractivity (Wildman–Crippen MR) is 97.9 cm³/mol. The summed E-state index contributed by atoms with van der Waals surface area (Å²) in [6, 6.07) is 11.5. The molecule has 0 heterocycles. The quantitative estimate of drug-likeness (QED) is 0.582. The van der Waals surface area contributed by atoms with Gasteiger partial charge in [0, 0.05) is 24.8 Å². The van der Waals surface area contributed by atoms with Crippen LogP contribution in [0.3, 0.4) is 0 Å². The number of ether oxygens (including phenoxy) is 1. The number of hydrogen-bond acceptors (Lipinski definition) is 5. The number of amides is 1. The summed E-state index contributed by atoms with van der Waals surface area (Å²) < 4.78 is 5.02. The molecule has 0 saturated carbocycles. The van der Waals surface area contributed by atoms with E-state index in [0.29, 0.717) is 16.9 Å². The fourth-order valence-corrected chi connectivity index (χ4v) is 2.48. The molecule has 7 heteroatoms. The largest absolute Gasteiger partial charge is 0.508 e. The van der Waals surface area contributed by atoms with Gasteiger partial charge in [0.05, 0.1) is 7.11 Å².